The molecule has 0 fully saturated rings. The van der Waals surface area contributed by atoms with Crippen molar-refractivity contribution in [3.63, 3.8) is 0 Å². The van der Waals surface area contributed by atoms with Crippen LogP contribution in [0.25, 0.3) is 11.4 Å². The first-order chi connectivity index (χ1) is 9.13. The predicted molar refractivity (Wildman–Crippen MR) is 73.6 cm³/mol. The van der Waals surface area contributed by atoms with Gasteiger partial charge in [-0.15, -0.1) is 5.10 Å². The van der Waals surface area contributed by atoms with Crippen LogP contribution in [0.4, 0.5) is 5.69 Å². The molecule has 1 heterocycles. The van der Waals surface area contributed by atoms with Crippen molar-refractivity contribution in [3.8, 4) is 11.4 Å². The molecule has 1 aromatic heterocycles. The number of hydrogen-bond acceptors (Lipinski definition) is 5. The average Bonchev–Trinajstić information content (AvgIpc) is 2.88. The third-order valence-electron chi connectivity index (χ3n) is 2.98. The highest BCUT2D eigenvalue weighted by molar-refractivity contribution is 5.65. The van der Waals surface area contributed by atoms with Crippen LogP contribution in [0.2, 0.25) is 0 Å². The summed E-state index contributed by atoms with van der Waals surface area (Å²) in [7, 11) is 0. The van der Waals surface area contributed by atoms with E-state index < -0.39 is 0 Å². The number of ether oxygens (including phenoxy) is 1. The Morgan fingerprint density at radius 1 is 1.42 bits per heavy atom. The van der Waals surface area contributed by atoms with Gasteiger partial charge in [0.1, 0.15) is 0 Å². The Balaban J connectivity index is 2.35. The molecule has 6 heteroatoms. The van der Waals surface area contributed by atoms with Gasteiger partial charge >= 0.3 is 0 Å². The maximum Gasteiger partial charge on any atom is 0.182 e. The van der Waals surface area contributed by atoms with Crippen LogP contribution in [-0.2, 0) is 4.74 Å². The Kier molecular flexibility index (Phi) is 4.11. The van der Waals surface area contributed by atoms with Crippen molar-refractivity contribution in [2.75, 3.05) is 18.9 Å². The zero-order valence-corrected chi connectivity index (χ0v) is 11.5. The first-order valence-corrected chi connectivity index (χ1v) is 6.35. The summed E-state index contributed by atoms with van der Waals surface area (Å²) in [6, 6.07) is 5.81. The van der Waals surface area contributed by atoms with Gasteiger partial charge in [-0.05, 0) is 48.9 Å². The maximum absolute atomic E-state index is 5.84. The molecule has 102 valence electrons. The molecule has 0 spiro atoms. The number of nitrogen functional groups attached to an aromatic ring is 1. The van der Waals surface area contributed by atoms with Crippen molar-refractivity contribution >= 4 is 5.69 Å². The van der Waals surface area contributed by atoms with Crippen LogP contribution in [0.5, 0.6) is 0 Å². The molecule has 0 saturated heterocycles. The first-order valence-electron chi connectivity index (χ1n) is 6.35. The molecule has 0 aliphatic heterocycles. The Morgan fingerprint density at radius 3 is 2.95 bits per heavy atom. The summed E-state index contributed by atoms with van der Waals surface area (Å²) in [5, 5.41) is 11.9. The van der Waals surface area contributed by atoms with Crippen LogP contribution in [0, 0.1) is 6.92 Å². The number of rotatable bonds is 5. The van der Waals surface area contributed by atoms with Crippen molar-refractivity contribution < 1.29 is 4.74 Å². The van der Waals surface area contributed by atoms with Gasteiger partial charge in [0.2, 0.25) is 0 Å². The van der Waals surface area contributed by atoms with Crippen LogP contribution in [0.1, 0.15) is 25.5 Å². The molecule has 0 amide bonds. The van der Waals surface area contributed by atoms with E-state index >= 15 is 0 Å². The van der Waals surface area contributed by atoms with E-state index in [-0.39, 0.29) is 6.04 Å². The number of anilines is 1. The molecular weight excluding hydrogens is 242 g/mol. The Hall–Kier alpha value is -1.95. The lowest BCUT2D eigenvalue weighted by molar-refractivity contribution is 0.115. The number of aromatic nitrogens is 4. The van der Waals surface area contributed by atoms with Gasteiger partial charge in [-0.1, -0.05) is 6.07 Å². The predicted octanol–water partition coefficient (Wildman–Crippen LogP) is 1.83. The minimum atomic E-state index is 0.0748. The minimum absolute atomic E-state index is 0.0748. The number of hydrogen-bond donors (Lipinski definition) is 1. The quantitative estimate of drug-likeness (QED) is 0.831. The van der Waals surface area contributed by atoms with E-state index in [1.54, 1.807) is 4.68 Å². The van der Waals surface area contributed by atoms with E-state index in [1.807, 2.05) is 39.0 Å². The van der Waals surface area contributed by atoms with E-state index in [9.17, 15) is 0 Å². The number of tetrazole rings is 1. The molecule has 0 bridgehead atoms. The molecule has 2 rings (SSSR count). The van der Waals surface area contributed by atoms with Crippen molar-refractivity contribution in [3.05, 3.63) is 23.8 Å². The number of nitrogens with zero attached hydrogens (tertiary/aromatic N) is 4. The number of benzene rings is 1. The van der Waals surface area contributed by atoms with Crippen LogP contribution < -0.4 is 5.73 Å². The topological polar surface area (TPSA) is 78.8 Å². The minimum Gasteiger partial charge on any atom is -0.399 e. The fourth-order valence-electron chi connectivity index (χ4n) is 1.91. The third kappa shape index (κ3) is 2.90. The number of aryl methyl sites for hydroxylation is 1. The van der Waals surface area contributed by atoms with Crippen molar-refractivity contribution in [1.82, 2.24) is 20.2 Å². The second-order valence-corrected chi connectivity index (χ2v) is 4.53. The zero-order valence-electron chi connectivity index (χ0n) is 11.5. The highest BCUT2D eigenvalue weighted by Crippen LogP contribution is 2.25. The van der Waals surface area contributed by atoms with Gasteiger partial charge in [-0.25, -0.2) is 4.68 Å². The molecule has 6 nitrogen and oxygen atoms in total. The van der Waals surface area contributed by atoms with Gasteiger partial charge in [0.05, 0.1) is 12.6 Å². The fourth-order valence-corrected chi connectivity index (χ4v) is 1.91. The average molecular weight is 261 g/mol. The summed E-state index contributed by atoms with van der Waals surface area (Å²) in [6.45, 7) is 7.27. The smallest absolute Gasteiger partial charge is 0.182 e. The van der Waals surface area contributed by atoms with Gasteiger partial charge in [-0.2, -0.15) is 0 Å². The maximum atomic E-state index is 5.84. The van der Waals surface area contributed by atoms with Crippen molar-refractivity contribution in [2.24, 2.45) is 0 Å². The molecule has 2 N–H and O–H groups in total. The van der Waals surface area contributed by atoms with Crippen LogP contribution in [0.3, 0.4) is 0 Å². The zero-order chi connectivity index (χ0) is 13.8. The lowest BCUT2D eigenvalue weighted by Gasteiger charge is -2.14. The molecule has 1 atom stereocenters. The SMILES string of the molecule is CCOCC(C)n1nnnc1-c1cc(N)ccc1C. The largest absolute Gasteiger partial charge is 0.399 e. The monoisotopic (exact) mass is 261 g/mol. The highest BCUT2D eigenvalue weighted by Gasteiger charge is 2.16. The second kappa shape index (κ2) is 5.79. The Morgan fingerprint density at radius 2 is 2.21 bits per heavy atom. The molecule has 1 aromatic carbocycles. The Labute approximate surface area is 112 Å². The summed E-state index contributed by atoms with van der Waals surface area (Å²) in [4.78, 5) is 0. The second-order valence-electron chi connectivity index (χ2n) is 4.53. The van der Waals surface area contributed by atoms with Gasteiger partial charge in [0.25, 0.3) is 0 Å². The molecule has 0 saturated carbocycles. The molecule has 19 heavy (non-hydrogen) atoms. The Bertz CT molecular complexity index is 552. The third-order valence-corrected chi connectivity index (χ3v) is 2.98. The standard InChI is InChI=1S/C13H19N5O/c1-4-19-8-10(3)18-13(15-16-17-18)12-7-11(14)6-5-9(12)2/h5-7,10H,4,8,14H2,1-3H3. The lowest BCUT2D eigenvalue weighted by atomic mass is 10.1. The van der Waals surface area contributed by atoms with Gasteiger partial charge in [-0.3, -0.25) is 0 Å². The molecule has 2 aromatic rings. The van der Waals surface area contributed by atoms with E-state index in [1.165, 1.54) is 0 Å². The summed E-state index contributed by atoms with van der Waals surface area (Å²) >= 11 is 0. The molecular formula is C13H19N5O. The van der Waals surface area contributed by atoms with Crippen molar-refractivity contribution in [2.45, 2.75) is 26.8 Å². The summed E-state index contributed by atoms with van der Waals surface area (Å²) < 4.78 is 7.20. The van der Waals surface area contributed by atoms with Crippen LogP contribution >= 0.6 is 0 Å². The van der Waals surface area contributed by atoms with Gasteiger partial charge in [0, 0.05) is 17.9 Å². The molecule has 1 unspecified atom stereocenters. The van der Waals surface area contributed by atoms with Gasteiger partial charge < -0.3 is 10.5 Å². The van der Waals surface area contributed by atoms with Crippen LogP contribution in [-0.4, -0.2) is 33.4 Å². The first kappa shape index (κ1) is 13.5. The van der Waals surface area contributed by atoms with Crippen LogP contribution in [0.15, 0.2) is 18.2 Å². The van der Waals surface area contributed by atoms with E-state index in [4.69, 9.17) is 10.5 Å². The van der Waals surface area contributed by atoms with E-state index in [2.05, 4.69) is 15.5 Å². The number of nitrogens with two attached hydrogens (primary N) is 1. The molecule has 0 aliphatic rings. The van der Waals surface area contributed by atoms with E-state index in [0.29, 0.717) is 18.9 Å². The van der Waals surface area contributed by atoms with Crippen molar-refractivity contribution in [1.29, 1.82) is 0 Å². The van der Waals surface area contributed by atoms with Gasteiger partial charge in [0.15, 0.2) is 5.82 Å². The summed E-state index contributed by atoms with van der Waals surface area (Å²) in [5.41, 5.74) is 8.58. The lowest BCUT2D eigenvalue weighted by Crippen LogP contribution is -2.15. The highest BCUT2D eigenvalue weighted by atomic mass is 16.5. The molecule has 0 aliphatic carbocycles. The molecule has 0 radical (unpaired) electrons. The normalized spacial score (nSPS) is 12.6. The fraction of sp³-hybridized carbons (Fsp3) is 0.462. The summed E-state index contributed by atoms with van der Waals surface area (Å²) in [5.74, 6) is 0.719. The summed E-state index contributed by atoms with van der Waals surface area (Å²) in [6.07, 6.45) is 0. The van der Waals surface area contributed by atoms with E-state index in [0.717, 1.165) is 17.0 Å².